The van der Waals surface area contributed by atoms with Crippen molar-refractivity contribution in [3.63, 3.8) is 0 Å². The van der Waals surface area contributed by atoms with Crippen LogP contribution in [0.1, 0.15) is 12.8 Å². The Balaban J connectivity index is 2.24. The largest absolute Gasteiger partial charge is 0.478 e. The number of aliphatic carboxylic acids is 1. The molecule has 1 heterocycles. The fourth-order valence-electron chi connectivity index (χ4n) is 1.61. The zero-order valence-electron chi connectivity index (χ0n) is 8.48. The molecule has 14 heavy (non-hydrogen) atoms. The van der Waals surface area contributed by atoms with Crippen LogP contribution in [-0.4, -0.2) is 42.8 Å². The summed E-state index contributed by atoms with van der Waals surface area (Å²) in [7, 11) is 1.88. The Morgan fingerprint density at radius 3 is 3.07 bits per heavy atom. The predicted octanol–water partition coefficient (Wildman–Crippen LogP) is 0.943. The minimum Gasteiger partial charge on any atom is -0.478 e. The van der Waals surface area contributed by atoms with Crippen molar-refractivity contribution in [2.75, 3.05) is 26.8 Å². The van der Waals surface area contributed by atoms with Gasteiger partial charge in [-0.1, -0.05) is 0 Å². The lowest BCUT2D eigenvalue weighted by Crippen LogP contribution is -2.28. The third-order valence-corrected chi connectivity index (χ3v) is 2.27. The minimum absolute atomic E-state index is 0.534. The molecule has 1 N–H and O–H groups in total. The van der Waals surface area contributed by atoms with Gasteiger partial charge in [0.2, 0.25) is 0 Å². The topological polar surface area (TPSA) is 49.8 Å². The first kappa shape index (κ1) is 11.0. The van der Waals surface area contributed by atoms with E-state index in [9.17, 15) is 4.79 Å². The highest BCUT2D eigenvalue weighted by Crippen LogP contribution is 2.14. The third kappa shape index (κ3) is 4.28. The number of rotatable bonds is 4. The SMILES string of the molecule is CN(C=CC(=O)O)CC1CCCOC1. The first-order valence-corrected chi connectivity index (χ1v) is 4.87. The molecule has 0 spiro atoms. The van der Waals surface area contributed by atoms with Crippen molar-refractivity contribution in [1.29, 1.82) is 0 Å². The number of carbonyl (C=O) groups is 1. The van der Waals surface area contributed by atoms with Crippen molar-refractivity contribution < 1.29 is 14.6 Å². The molecule has 0 bridgehead atoms. The molecule has 0 saturated carbocycles. The zero-order chi connectivity index (χ0) is 10.4. The quantitative estimate of drug-likeness (QED) is 0.685. The van der Waals surface area contributed by atoms with Crippen LogP contribution in [0.3, 0.4) is 0 Å². The third-order valence-electron chi connectivity index (χ3n) is 2.27. The molecule has 1 atom stereocenters. The number of ether oxygens (including phenoxy) is 1. The molecule has 0 aromatic heterocycles. The van der Waals surface area contributed by atoms with Crippen molar-refractivity contribution in [2.24, 2.45) is 5.92 Å². The van der Waals surface area contributed by atoms with Gasteiger partial charge in [-0.2, -0.15) is 0 Å². The monoisotopic (exact) mass is 199 g/mol. The highest BCUT2D eigenvalue weighted by Gasteiger charge is 2.14. The highest BCUT2D eigenvalue weighted by molar-refractivity contribution is 5.79. The van der Waals surface area contributed by atoms with E-state index >= 15 is 0 Å². The first-order valence-electron chi connectivity index (χ1n) is 4.87. The van der Waals surface area contributed by atoms with Gasteiger partial charge in [-0.15, -0.1) is 0 Å². The molecule has 1 unspecified atom stereocenters. The van der Waals surface area contributed by atoms with Crippen LogP contribution < -0.4 is 0 Å². The molecule has 1 rings (SSSR count). The van der Waals surface area contributed by atoms with Crippen molar-refractivity contribution in [1.82, 2.24) is 4.90 Å². The Hall–Kier alpha value is -1.03. The van der Waals surface area contributed by atoms with E-state index in [-0.39, 0.29) is 0 Å². The Morgan fingerprint density at radius 1 is 1.71 bits per heavy atom. The van der Waals surface area contributed by atoms with Gasteiger partial charge in [0.05, 0.1) is 6.61 Å². The Bertz CT molecular complexity index is 209. The average molecular weight is 199 g/mol. The molecule has 0 radical (unpaired) electrons. The number of carboxylic acids is 1. The molecular formula is C10H17NO3. The maximum atomic E-state index is 10.3. The van der Waals surface area contributed by atoms with E-state index in [2.05, 4.69) is 0 Å². The van der Waals surface area contributed by atoms with E-state index in [0.29, 0.717) is 5.92 Å². The molecule has 1 aliphatic heterocycles. The number of hydrogen-bond donors (Lipinski definition) is 1. The first-order chi connectivity index (χ1) is 6.68. The lowest BCUT2D eigenvalue weighted by Gasteiger charge is -2.26. The van der Waals surface area contributed by atoms with Crippen LogP contribution in [0.4, 0.5) is 0 Å². The second kappa shape index (κ2) is 5.65. The minimum atomic E-state index is -0.906. The van der Waals surface area contributed by atoms with Crippen LogP contribution in [0.2, 0.25) is 0 Å². The van der Waals surface area contributed by atoms with Crippen LogP contribution >= 0.6 is 0 Å². The summed E-state index contributed by atoms with van der Waals surface area (Å²) in [5, 5.41) is 8.43. The number of carboxylic acid groups (broad SMARTS) is 1. The van der Waals surface area contributed by atoms with Crippen LogP contribution in [0.5, 0.6) is 0 Å². The normalized spacial score (nSPS) is 22.5. The molecule has 0 aliphatic carbocycles. The summed E-state index contributed by atoms with van der Waals surface area (Å²) in [6, 6.07) is 0. The molecular weight excluding hydrogens is 182 g/mol. The molecule has 0 aromatic carbocycles. The predicted molar refractivity (Wildman–Crippen MR) is 52.9 cm³/mol. The Labute approximate surface area is 84.2 Å². The molecule has 1 saturated heterocycles. The summed E-state index contributed by atoms with van der Waals surface area (Å²) in [4.78, 5) is 12.2. The van der Waals surface area contributed by atoms with Gasteiger partial charge >= 0.3 is 5.97 Å². The molecule has 1 aliphatic rings. The van der Waals surface area contributed by atoms with Crippen molar-refractivity contribution >= 4 is 5.97 Å². The number of hydrogen-bond acceptors (Lipinski definition) is 3. The summed E-state index contributed by atoms with van der Waals surface area (Å²) in [6.07, 6.45) is 5.03. The van der Waals surface area contributed by atoms with Gasteiger partial charge in [0.1, 0.15) is 0 Å². The molecule has 4 heteroatoms. The van der Waals surface area contributed by atoms with Crippen LogP contribution in [0.25, 0.3) is 0 Å². The maximum Gasteiger partial charge on any atom is 0.329 e. The zero-order valence-corrected chi connectivity index (χ0v) is 8.48. The summed E-state index contributed by atoms with van der Waals surface area (Å²) in [6.45, 7) is 2.53. The van der Waals surface area contributed by atoms with E-state index in [4.69, 9.17) is 9.84 Å². The summed E-state index contributed by atoms with van der Waals surface area (Å²) in [5.74, 6) is -0.371. The average Bonchev–Trinajstić information content (AvgIpc) is 2.16. The molecule has 80 valence electrons. The lowest BCUT2D eigenvalue weighted by molar-refractivity contribution is -0.131. The Kier molecular flexibility index (Phi) is 4.46. The van der Waals surface area contributed by atoms with E-state index < -0.39 is 5.97 Å². The van der Waals surface area contributed by atoms with E-state index in [1.807, 2.05) is 11.9 Å². The van der Waals surface area contributed by atoms with Crippen LogP contribution in [-0.2, 0) is 9.53 Å². The summed E-state index contributed by atoms with van der Waals surface area (Å²) in [5.41, 5.74) is 0. The van der Waals surface area contributed by atoms with Crippen molar-refractivity contribution in [3.8, 4) is 0 Å². The highest BCUT2D eigenvalue weighted by atomic mass is 16.5. The molecule has 4 nitrogen and oxygen atoms in total. The lowest BCUT2D eigenvalue weighted by atomic mass is 10.0. The van der Waals surface area contributed by atoms with Gasteiger partial charge in [0.15, 0.2) is 0 Å². The maximum absolute atomic E-state index is 10.3. The van der Waals surface area contributed by atoms with Gasteiger partial charge in [-0.05, 0) is 18.8 Å². The second-order valence-electron chi connectivity index (χ2n) is 3.68. The molecule has 1 fully saturated rings. The number of nitrogens with zero attached hydrogens (tertiary/aromatic N) is 1. The van der Waals surface area contributed by atoms with Gasteiger partial charge in [-0.3, -0.25) is 0 Å². The van der Waals surface area contributed by atoms with Crippen molar-refractivity contribution in [2.45, 2.75) is 12.8 Å². The fourth-order valence-corrected chi connectivity index (χ4v) is 1.61. The summed E-state index contributed by atoms with van der Waals surface area (Å²) >= 11 is 0. The van der Waals surface area contributed by atoms with Gasteiger partial charge < -0.3 is 14.7 Å². The van der Waals surface area contributed by atoms with Gasteiger partial charge in [-0.25, -0.2) is 4.79 Å². The Morgan fingerprint density at radius 2 is 2.50 bits per heavy atom. The van der Waals surface area contributed by atoms with E-state index in [1.165, 1.54) is 6.42 Å². The smallest absolute Gasteiger partial charge is 0.329 e. The van der Waals surface area contributed by atoms with Gasteiger partial charge in [0.25, 0.3) is 0 Å². The van der Waals surface area contributed by atoms with Crippen LogP contribution in [0.15, 0.2) is 12.3 Å². The standard InChI is InChI=1S/C10H17NO3/c1-11(5-4-10(12)13)7-9-3-2-6-14-8-9/h4-5,9H,2-3,6-8H2,1H3,(H,12,13). The fraction of sp³-hybridized carbons (Fsp3) is 0.700. The van der Waals surface area contributed by atoms with Crippen LogP contribution in [0, 0.1) is 5.92 Å². The van der Waals surface area contributed by atoms with E-state index in [0.717, 1.165) is 32.3 Å². The molecule has 0 amide bonds. The summed E-state index contributed by atoms with van der Waals surface area (Å²) < 4.78 is 5.34. The molecule has 0 aromatic rings. The van der Waals surface area contributed by atoms with Gasteiger partial charge in [0, 0.05) is 32.5 Å². The van der Waals surface area contributed by atoms with E-state index in [1.54, 1.807) is 6.20 Å². The second-order valence-corrected chi connectivity index (χ2v) is 3.68. The van der Waals surface area contributed by atoms with Crippen molar-refractivity contribution in [3.05, 3.63) is 12.3 Å².